The molecule has 1 saturated heterocycles. The van der Waals surface area contributed by atoms with E-state index in [0.29, 0.717) is 31.7 Å². The van der Waals surface area contributed by atoms with Crippen molar-refractivity contribution in [3.8, 4) is 11.4 Å². The van der Waals surface area contributed by atoms with E-state index in [1.54, 1.807) is 17.0 Å². The fraction of sp³-hybridized carbons (Fsp3) is 0.200. The third-order valence-corrected chi connectivity index (χ3v) is 5.75. The van der Waals surface area contributed by atoms with Gasteiger partial charge in [0.15, 0.2) is 0 Å². The zero-order chi connectivity index (χ0) is 19.8. The van der Waals surface area contributed by atoms with Crippen molar-refractivity contribution in [3.05, 3.63) is 60.2 Å². The Labute approximate surface area is 169 Å². The molecule has 1 fully saturated rings. The van der Waals surface area contributed by atoms with Crippen molar-refractivity contribution in [1.29, 1.82) is 0 Å². The number of carbonyl (C=O) groups excluding carboxylic acids is 1. The van der Waals surface area contributed by atoms with E-state index in [1.165, 1.54) is 23.7 Å². The van der Waals surface area contributed by atoms with Crippen LogP contribution in [0.5, 0.6) is 0 Å². The Morgan fingerprint density at radius 2 is 1.79 bits per heavy atom. The number of carbonyl (C=O) groups is 1. The highest BCUT2D eigenvalue weighted by molar-refractivity contribution is 7.13. The van der Waals surface area contributed by atoms with Crippen molar-refractivity contribution < 1.29 is 13.7 Å². The number of fused-ring (bicyclic) bond motifs is 1. The van der Waals surface area contributed by atoms with Gasteiger partial charge in [0, 0.05) is 37.1 Å². The Balaban J connectivity index is 1.27. The van der Waals surface area contributed by atoms with Crippen molar-refractivity contribution in [3.63, 3.8) is 0 Å². The fourth-order valence-corrected chi connectivity index (χ4v) is 4.18. The number of anilines is 1. The van der Waals surface area contributed by atoms with Crippen LogP contribution in [-0.2, 0) is 0 Å². The van der Waals surface area contributed by atoms with Crippen LogP contribution >= 0.6 is 11.5 Å². The van der Waals surface area contributed by atoms with E-state index >= 15 is 0 Å². The summed E-state index contributed by atoms with van der Waals surface area (Å²) < 4.78 is 24.0. The summed E-state index contributed by atoms with van der Waals surface area (Å²) in [5.41, 5.74) is 0.592. The van der Waals surface area contributed by atoms with E-state index in [1.807, 2.05) is 12.1 Å². The van der Waals surface area contributed by atoms with Gasteiger partial charge in [0.25, 0.3) is 0 Å². The summed E-state index contributed by atoms with van der Waals surface area (Å²) in [6, 6.07) is 13.9. The second kappa shape index (κ2) is 7.25. The standard InChI is InChI=1S/C20H16FN5O2S/c21-14-7-5-13(6-8-14)17-22-19(28-23-17)20(27)26-11-9-25(10-12-26)18-15-3-1-2-4-16(15)29-24-18/h1-8H,9-12H2. The minimum atomic E-state index is -0.348. The molecule has 146 valence electrons. The first-order valence-electron chi connectivity index (χ1n) is 9.17. The third-order valence-electron chi connectivity index (χ3n) is 4.94. The van der Waals surface area contributed by atoms with Crippen LogP contribution in [0, 0.1) is 5.82 Å². The molecule has 0 spiro atoms. The molecule has 1 aliphatic rings. The third kappa shape index (κ3) is 3.33. The molecule has 2 aromatic heterocycles. The van der Waals surface area contributed by atoms with Gasteiger partial charge in [-0.25, -0.2) is 4.39 Å². The molecule has 1 aliphatic heterocycles. The summed E-state index contributed by atoms with van der Waals surface area (Å²) in [6.45, 7) is 2.44. The lowest BCUT2D eigenvalue weighted by Crippen LogP contribution is -2.49. The van der Waals surface area contributed by atoms with Gasteiger partial charge < -0.3 is 14.3 Å². The molecule has 7 nitrogen and oxygen atoms in total. The van der Waals surface area contributed by atoms with Gasteiger partial charge in [-0.2, -0.15) is 9.36 Å². The zero-order valence-corrected chi connectivity index (χ0v) is 16.1. The van der Waals surface area contributed by atoms with Gasteiger partial charge in [0.1, 0.15) is 11.6 Å². The van der Waals surface area contributed by atoms with E-state index in [4.69, 9.17) is 4.52 Å². The molecule has 0 aliphatic carbocycles. The zero-order valence-electron chi connectivity index (χ0n) is 15.3. The molecular weight excluding hydrogens is 393 g/mol. The predicted molar refractivity (Wildman–Crippen MR) is 107 cm³/mol. The number of rotatable bonds is 3. The highest BCUT2D eigenvalue weighted by atomic mass is 32.1. The molecule has 0 radical (unpaired) electrons. The van der Waals surface area contributed by atoms with Gasteiger partial charge in [-0.15, -0.1) is 0 Å². The highest BCUT2D eigenvalue weighted by Gasteiger charge is 2.27. The smallest absolute Gasteiger partial charge is 0.316 e. The predicted octanol–water partition coefficient (Wildman–Crippen LogP) is 3.45. The number of amides is 1. The van der Waals surface area contributed by atoms with Gasteiger partial charge in [-0.3, -0.25) is 4.79 Å². The fourth-order valence-electron chi connectivity index (χ4n) is 3.38. The summed E-state index contributed by atoms with van der Waals surface area (Å²) in [5, 5.41) is 4.98. The van der Waals surface area contributed by atoms with Crippen LogP contribution in [0.25, 0.3) is 21.5 Å². The van der Waals surface area contributed by atoms with Crippen LogP contribution in [0.4, 0.5) is 10.2 Å². The summed E-state index contributed by atoms with van der Waals surface area (Å²) in [6.07, 6.45) is 0. The molecular formula is C20H16FN5O2S. The highest BCUT2D eigenvalue weighted by Crippen LogP contribution is 2.30. The molecule has 0 saturated carbocycles. The SMILES string of the molecule is O=C(c1nc(-c2ccc(F)cc2)no1)N1CCN(c2nsc3ccccc23)CC1. The second-order valence-corrected chi connectivity index (χ2v) is 7.52. The van der Waals surface area contributed by atoms with E-state index in [0.717, 1.165) is 15.9 Å². The Morgan fingerprint density at radius 1 is 1.03 bits per heavy atom. The van der Waals surface area contributed by atoms with Crippen LogP contribution in [0.2, 0.25) is 0 Å². The molecule has 29 heavy (non-hydrogen) atoms. The molecule has 0 atom stereocenters. The molecule has 0 bridgehead atoms. The number of halogens is 1. The van der Waals surface area contributed by atoms with Crippen LogP contribution < -0.4 is 4.90 Å². The second-order valence-electron chi connectivity index (χ2n) is 6.71. The Kier molecular flexibility index (Phi) is 4.44. The first kappa shape index (κ1) is 17.7. The topological polar surface area (TPSA) is 75.4 Å². The van der Waals surface area contributed by atoms with E-state index in [9.17, 15) is 9.18 Å². The largest absolute Gasteiger partial charge is 0.352 e. The van der Waals surface area contributed by atoms with Crippen LogP contribution in [0.15, 0.2) is 53.1 Å². The average Bonchev–Trinajstić information content (AvgIpc) is 3.42. The quantitative estimate of drug-likeness (QED) is 0.516. The lowest BCUT2D eigenvalue weighted by Gasteiger charge is -2.34. The number of hydrogen-bond donors (Lipinski definition) is 0. The van der Waals surface area contributed by atoms with E-state index < -0.39 is 0 Å². The first-order chi connectivity index (χ1) is 14.2. The van der Waals surface area contributed by atoms with Gasteiger partial charge in [0.2, 0.25) is 5.82 Å². The average molecular weight is 409 g/mol. The Bertz CT molecular complexity index is 1170. The number of aromatic nitrogens is 3. The van der Waals surface area contributed by atoms with Crippen molar-refractivity contribution in [1.82, 2.24) is 19.4 Å². The molecule has 3 heterocycles. The molecule has 0 unspecified atom stereocenters. The monoisotopic (exact) mass is 409 g/mol. The maximum absolute atomic E-state index is 13.1. The Morgan fingerprint density at radius 3 is 2.59 bits per heavy atom. The molecule has 0 N–H and O–H groups in total. The number of piperazine rings is 1. The number of nitrogens with zero attached hydrogens (tertiary/aromatic N) is 5. The molecule has 1 amide bonds. The van der Waals surface area contributed by atoms with Crippen molar-refractivity contribution in [2.75, 3.05) is 31.1 Å². The number of hydrogen-bond acceptors (Lipinski definition) is 7. The summed E-state index contributed by atoms with van der Waals surface area (Å²) in [4.78, 5) is 20.8. The van der Waals surface area contributed by atoms with E-state index in [-0.39, 0.29) is 23.4 Å². The van der Waals surface area contributed by atoms with Gasteiger partial charge >= 0.3 is 11.8 Å². The first-order valence-corrected chi connectivity index (χ1v) is 9.95. The van der Waals surface area contributed by atoms with Crippen LogP contribution in [-0.4, -0.2) is 51.5 Å². The molecule has 2 aromatic carbocycles. The molecule has 5 rings (SSSR count). The van der Waals surface area contributed by atoms with Crippen molar-refractivity contribution in [2.24, 2.45) is 0 Å². The summed E-state index contributed by atoms with van der Waals surface area (Å²) >= 11 is 1.48. The molecule has 4 aromatic rings. The van der Waals surface area contributed by atoms with Gasteiger partial charge in [-0.1, -0.05) is 17.3 Å². The minimum Gasteiger partial charge on any atom is -0.352 e. The lowest BCUT2D eigenvalue weighted by molar-refractivity contribution is 0.0696. The van der Waals surface area contributed by atoms with E-state index in [2.05, 4.69) is 31.5 Å². The summed E-state index contributed by atoms with van der Waals surface area (Å²) in [5.74, 6) is 0.528. The van der Waals surface area contributed by atoms with Crippen molar-refractivity contribution >= 4 is 33.3 Å². The maximum atomic E-state index is 13.1. The lowest BCUT2D eigenvalue weighted by atomic mass is 10.2. The number of benzene rings is 2. The summed E-state index contributed by atoms with van der Waals surface area (Å²) in [7, 11) is 0. The van der Waals surface area contributed by atoms with Crippen LogP contribution in [0.1, 0.15) is 10.7 Å². The normalized spacial score (nSPS) is 14.5. The van der Waals surface area contributed by atoms with Gasteiger partial charge in [-0.05, 0) is 47.9 Å². The minimum absolute atomic E-state index is 0.0584. The maximum Gasteiger partial charge on any atom is 0.316 e. The van der Waals surface area contributed by atoms with Gasteiger partial charge in [0.05, 0.1) is 4.70 Å². The Hall–Kier alpha value is -3.33. The van der Waals surface area contributed by atoms with Crippen molar-refractivity contribution in [2.45, 2.75) is 0 Å². The van der Waals surface area contributed by atoms with Crippen LogP contribution in [0.3, 0.4) is 0 Å². The molecule has 9 heteroatoms.